The molecule has 0 saturated heterocycles. The van der Waals surface area contributed by atoms with Crippen LogP contribution in [-0.2, 0) is 16.0 Å². The number of carboxylic acids is 2. The first-order valence-corrected chi connectivity index (χ1v) is 10.9. The predicted molar refractivity (Wildman–Crippen MR) is 111 cm³/mol. The molecule has 3 rings (SSSR count). The SMILES string of the molecule is O=C(O)C(F)(F)F.O=C(O)C1CCC(NCC2(Cc3ccccc3)CCCCC2)CC1. The number of halogens is 3. The number of hydrogen-bond donors (Lipinski definition) is 3. The van der Waals surface area contributed by atoms with Crippen molar-refractivity contribution >= 4 is 11.9 Å². The summed E-state index contributed by atoms with van der Waals surface area (Å²) in [6, 6.07) is 11.4. The van der Waals surface area contributed by atoms with Crippen molar-refractivity contribution in [3.8, 4) is 0 Å². The monoisotopic (exact) mass is 443 g/mol. The summed E-state index contributed by atoms with van der Waals surface area (Å²) in [7, 11) is 0. The van der Waals surface area contributed by atoms with Gasteiger partial charge in [-0.25, -0.2) is 4.79 Å². The fourth-order valence-electron chi connectivity index (χ4n) is 4.65. The van der Waals surface area contributed by atoms with Crippen LogP contribution in [0.1, 0.15) is 63.4 Å². The normalized spacial score (nSPS) is 23.3. The lowest BCUT2D eigenvalue weighted by molar-refractivity contribution is -0.192. The molecule has 174 valence electrons. The van der Waals surface area contributed by atoms with Crippen LogP contribution in [0.15, 0.2) is 30.3 Å². The second-order valence-electron chi connectivity index (χ2n) is 8.79. The highest BCUT2D eigenvalue weighted by molar-refractivity contribution is 5.73. The first kappa shape index (κ1) is 25.2. The molecule has 0 aliphatic heterocycles. The lowest BCUT2D eigenvalue weighted by Gasteiger charge is -2.40. The van der Waals surface area contributed by atoms with E-state index in [1.54, 1.807) is 0 Å². The Hall–Kier alpha value is -2.09. The summed E-state index contributed by atoms with van der Waals surface area (Å²) >= 11 is 0. The van der Waals surface area contributed by atoms with Crippen LogP contribution in [-0.4, -0.2) is 40.9 Å². The number of nitrogens with one attached hydrogen (secondary N) is 1. The molecule has 0 bridgehead atoms. The summed E-state index contributed by atoms with van der Waals surface area (Å²) < 4.78 is 31.7. The number of hydrogen-bond acceptors (Lipinski definition) is 3. The van der Waals surface area contributed by atoms with Gasteiger partial charge in [0.1, 0.15) is 0 Å². The van der Waals surface area contributed by atoms with Crippen molar-refractivity contribution in [2.45, 2.75) is 76.4 Å². The lowest BCUT2D eigenvalue weighted by atomic mass is 9.70. The molecule has 0 atom stereocenters. The van der Waals surface area contributed by atoms with Gasteiger partial charge in [-0.1, -0.05) is 49.6 Å². The Morgan fingerprint density at radius 3 is 2.00 bits per heavy atom. The van der Waals surface area contributed by atoms with E-state index in [1.165, 1.54) is 44.1 Å². The molecule has 1 aromatic rings. The predicted octanol–water partition coefficient (Wildman–Crippen LogP) is 5.05. The lowest BCUT2D eigenvalue weighted by Crippen LogP contribution is -2.44. The fourth-order valence-corrected chi connectivity index (χ4v) is 4.65. The van der Waals surface area contributed by atoms with Crippen LogP contribution in [0.25, 0.3) is 0 Å². The number of carboxylic acid groups (broad SMARTS) is 2. The van der Waals surface area contributed by atoms with E-state index in [2.05, 4.69) is 35.6 Å². The standard InChI is InChI=1S/C21H31NO2.C2HF3O2/c23-20(24)18-9-11-19(12-10-18)22-16-21(13-5-2-6-14-21)15-17-7-3-1-4-8-17;3-2(4,5)1(6)7/h1,3-4,7-8,18-19,22H,2,5-6,9-16H2,(H,23,24);(H,6,7). The quantitative estimate of drug-likeness (QED) is 0.573. The van der Waals surface area contributed by atoms with Gasteiger partial charge >= 0.3 is 18.1 Å². The van der Waals surface area contributed by atoms with E-state index in [1.807, 2.05) is 0 Å². The third-order valence-corrected chi connectivity index (χ3v) is 6.42. The van der Waals surface area contributed by atoms with Crippen molar-refractivity contribution in [3.05, 3.63) is 35.9 Å². The summed E-state index contributed by atoms with van der Waals surface area (Å²) in [6.07, 6.45) is 6.49. The molecule has 31 heavy (non-hydrogen) atoms. The maximum atomic E-state index is 11.1. The van der Waals surface area contributed by atoms with Crippen molar-refractivity contribution in [2.75, 3.05) is 6.54 Å². The zero-order valence-corrected chi connectivity index (χ0v) is 17.7. The first-order valence-electron chi connectivity index (χ1n) is 10.9. The van der Waals surface area contributed by atoms with E-state index in [4.69, 9.17) is 15.0 Å². The molecule has 2 fully saturated rings. The van der Waals surface area contributed by atoms with Crippen LogP contribution in [0.4, 0.5) is 13.2 Å². The molecule has 2 aliphatic rings. The van der Waals surface area contributed by atoms with E-state index < -0.39 is 18.1 Å². The van der Waals surface area contributed by atoms with E-state index in [0.29, 0.717) is 11.5 Å². The number of rotatable bonds is 6. The number of carbonyl (C=O) groups is 2. The van der Waals surface area contributed by atoms with Crippen LogP contribution in [0.2, 0.25) is 0 Å². The van der Waals surface area contributed by atoms with Gasteiger partial charge in [0.2, 0.25) is 0 Å². The van der Waals surface area contributed by atoms with Crippen molar-refractivity contribution in [1.82, 2.24) is 5.32 Å². The molecule has 3 N–H and O–H groups in total. The van der Waals surface area contributed by atoms with Gasteiger partial charge in [0.25, 0.3) is 0 Å². The molecular formula is C23H32F3NO4. The molecule has 0 radical (unpaired) electrons. The van der Waals surface area contributed by atoms with Crippen LogP contribution in [0, 0.1) is 11.3 Å². The molecule has 0 amide bonds. The van der Waals surface area contributed by atoms with E-state index in [-0.39, 0.29) is 5.92 Å². The van der Waals surface area contributed by atoms with Gasteiger partial charge < -0.3 is 15.5 Å². The van der Waals surface area contributed by atoms with E-state index in [0.717, 1.165) is 32.2 Å². The minimum atomic E-state index is -5.08. The maximum absolute atomic E-state index is 11.1. The molecule has 0 unspecified atom stereocenters. The topological polar surface area (TPSA) is 86.6 Å². The fraction of sp³-hybridized carbons (Fsp3) is 0.652. The Morgan fingerprint density at radius 2 is 1.52 bits per heavy atom. The van der Waals surface area contributed by atoms with Crippen molar-refractivity contribution in [3.63, 3.8) is 0 Å². The molecule has 0 heterocycles. The smallest absolute Gasteiger partial charge is 0.481 e. The van der Waals surface area contributed by atoms with Gasteiger partial charge in [-0.05, 0) is 55.9 Å². The Kier molecular flexibility index (Phi) is 9.34. The molecule has 8 heteroatoms. The molecule has 1 aromatic carbocycles. The van der Waals surface area contributed by atoms with E-state index >= 15 is 0 Å². The largest absolute Gasteiger partial charge is 0.490 e. The van der Waals surface area contributed by atoms with Crippen molar-refractivity contribution in [2.24, 2.45) is 11.3 Å². The summed E-state index contributed by atoms with van der Waals surface area (Å²) in [6.45, 7) is 1.09. The van der Waals surface area contributed by atoms with E-state index in [9.17, 15) is 18.0 Å². The number of benzene rings is 1. The summed E-state index contributed by atoms with van der Waals surface area (Å²) in [5.41, 5.74) is 1.85. The molecule has 5 nitrogen and oxygen atoms in total. The van der Waals surface area contributed by atoms with Gasteiger partial charge in [-0.3, -0.25) is 4.79 Å². The van der Waals surface area contributed by atoms with Crippen molar-refractivity contribution < 1.29 is 33.0 Å². The highest BCUT2D eigenvalue weighted by Crippen LogP contribution is 2.39. The van der Waals surface area contributed by atoms with Crippen LogP contribution in [0.3, 0.4) is 0 Å². The zero-order chi connectivity index (χ0) is 22.9. The Bertz CT molecular complexity index is 695. The van der Waals surface area contributed by atoms with Gasteiger partial charge in [-0.15, -0.1) is 0 Å². The van der Waals surface area contributed by atoms with Crippen LogP contribution >= 0.6 is 0 Å². The highest BCUT2D eigenvalue weighted by Gasteiger charge is 2.38. The third-order valence-electron chi connectivity index (χ3n) is 6.42. The molecule has 2 saturated carbocycles. The average molecular weight is 444 g/mol. The van der Waals surface area contributed by atoms with Crippen molar-refractivity contribution in [1.29, 1.82) is 0 Å². The number of alkyl halides is 3. The average Bonchev–Trinajstić information content (AvgIpc) is 2.74. The second-order valence-corrected chi connectivity index (χ2v) is 8.79. The maximum Gasteiger partial charge on any atom is 0.490 e. The van der Waals surface area contributed by atoms with Crippen LogP contribution in [0.5, 0.6) is 0 Å². The molecule has 0 aromatic heterocycles. The minimum Gasteiger partial charge on any atom is -0.481 e. The van der Waals surface area contributed by atoms with Gasteiger partial charge in [0.05, 0.1) is 5.92 Å². The number of aliphatic carboxylic acids is 2. The highest BCUT2D eigenvalue weighted by atomic mass is 19.4. The van der Waals surface area contributed by atoms with Gasteiger partial charge in [0, 0.05) is 12.6 Å². The summed E-state index contributed by atoms with van der Waals surface area (Å²) in [5, 5.41) is 20.1. The molecule has 0 spiro atoms. The van der Waals surface area contributed by atoms with Gasteiger partial charge in [-0.2, -0.15) is 13.2 Å². The summed E-state index contributed by atoms with van der Waals surface area (Å²) in [4.78, 5) is 20.0. The molecule has 2 aliphatic carbocycles. The van der Waals surface area contributed by atoms with Gasteiger partial charge in [0.15, 0.2) is 0 Å². The first-order chi connectivity index (χ1) is 14.6. The third kappa shape index (κ3) is 8.51. The molecular weight excluding hydrogens is 411 g/mol. The zero-order valence-electron chi connectivity index (χ0n) is 17.7. The van der Waals surface area contributed by atoms with Crippen LogP contribution < -0.4 is 5.32 Å². The Labute approximate surface area is 181 Å². The summed E-state index contributed by atoms with van der Waals surface area (Å²) in [5.74, 6) is -3.48. The Morgan fingerprint density at radius 1 is 0.968 bits per heavy atom. The second kappa shape index (κ2) is 11.5. The Balaban J connectivity index is 0.000000423. The minimum absolute atomic E-state index is 0.115.